The Morgan fingerprint density at radius 3 is 2.81 bits per heavy atom. The van der Waals surface area contributed by atoms with Gasteiger partial charge in [-0.15, -0.1) is 0 Å². The van der Waals surface area contributed by atoms with Gasteiger partial charge in [0, 0.05) is 12.6 Å². The van der Waals surface area contributed by atoms with Gasteiger partial charge in [-0.2, -0.15) is 0 Å². The SMILES string of the molecule is NCCC[C@H](N)C(=O)n1cnc(CCN)c1. The van der Waals surface area contributed by atoms with Crippen molar-refractivity contribution in [1.29, 1.82) is 0 Å². The van der Waals surface area contributed by atoms with E-state index >= 15 is 0 Å². The van der Waals surface area contributed by atoms with Crippen molar-refractivity contribution < 1.29 is 4.79 Å². The smallest absolute Gasteiger partial charge is 0.248 e. The Hall–Kier alpha value is -1.24. The highest BCUT2D eigenvalue weighted by molar-refractivity contribution is 5.83. The van der Waals surface area contributed by atoms with Crippen molar-refractivity contribution in [1.82, 2.24) is 9.55 Å². The summed E-state index contributed by atoms with van der Waals surface area (Å²) in [5.41, 5.74) is 17.3. The highest BCUT2D eigenvalue weighted by Gasteiger charge is 2.15. The van der Waals surface area contributed by atoms with Crippen molar-refractivity contribution >= 4 is 5.91 Å². The van der Waals surface area contributed by atoms with E-state index in [2.05, 4.69) is 4.98 Å². The van der Waals surface area contributed by atoms with Crippen molar-refractivity contribution in [2.75, 3.05) is 13.1 Å². The average Bonchev–Trinajstić information content (AvgIpc) is 2.74. The fraction of sp³-hybridized carbons (Fsp3) is 0.600. The molecule has 6 N–H and O–H groups in total. The van der Waals surface area contributed by atoms with E-state index < -0.39 is 6.04 Å². The van der Waals surface area contributed by atoms with Gasteiger partial charge in [-0.1, -0.05) is 0 Å². The molecular formula is C10H19N5O. The molecule has 0 aliphatic heterocycles. The summed E-state index contributed by atoms with van der Waals surface area (Å²) in [4.78, 5) is 15.9. The summed E-state index contributed by atoms with van der Waals surface area (Å²) in [5.74, 6) is -0.149. The summed E-state index contributed by atoms with van der Waals surface area (Å²) in [6.45, 7) is 1.06. The topological polar surface area (TPSA) is 113 Å². The van der Waals surface area contributed by atoms with Crippen molar-refractivity contribution in [3.63, 3.8) is 0 Å². The predicted octanol–water partition coefficient (Wildman–Crippen LogP) is -0.909. The Kier molecular flexibility index (Phi) is 5.10. The molecule has 16 heavy (non-hydrogen) atoms. The summed E-state index contributed by atoms with van der Waals surface area (Å²) in [5, 5.41) is 0. The molecule has 1 aromatic heterocycles. The average molecular weight is 225 g/mol. The second kappa shape index (κ2) is 6.37. The van der Waals surface area contributed by atoms with E-state index in [0.717, 1.165) is 12.1 Å². The molecule has 0 unspecified atom stereocenters. The Labute approximate surface area is 94.8 Å². The van der Waals surface area contributed by atoms with E-state index in [9.17, 15) is 4.79 Å². The molecule has 0 bridgehead atoms. The van der Waals surface area contributed by atoms with Gasteiger partial charge in [0.2, 0.25) is 5.91 Å². The van der Waals surface area contributed by atoms with Crippen LogP contribution in [0.15, 0.2) is 12.5 Å². The Morgan fingerprint density at radius 1 is 1.44 bits per heavy atom. The van der Waals surface area contributed by atoms with Crippen LogP contribution in [-0.4, -0.2) is 34.6 Å². The van der Waals surface area contributed by atoms with Gasteiger partial charge in [-0.25, -0.2) is 4.98 Å². The van der Waals surface area contributed by atoms with Gasteiger partial charge >= 0.3 is 0 Å². The zero-order valence-corrected chi connectivity index (χ0v) is 9.30. The molecule has 0 fully saturated rings. The van der Waals surface area contributed by atoms with Crippen LogP contribution in [0.25, 0.3) is 0 Å². The van der Waals surface area contributed by atoms with Crippen LogP contribution in [0.4, 0.5) is 0 Å². The third-order valence-corrected chi connectivity index (χ3v) is 2.33. The molecule has 0 saturated carbocycles. The normalized spacial score (nSPS) is 12.7. The summed E-state index contributed by atoms with van der Waals surface area (Å²) in [6.07, 6.45) is 5.17. The van der Waals surface area contributed by atoms with Gasteiger partial charge < -0.3 is 17.2 Å². The van der Waals surface area contributed by atoms with Crippen LogP contribution in [0.2, 0.25) is 0 Å². The number of nitrogens with zero attached hydrogens (tertiary/aromatic N) is 2. The standard InChI is InChI=1S/C10H19N5O/c11-4-1-2-9(13)10(16)15-6-8(3-5-12)14-7-15/h6-7,9H,1-5,11-13H2/t9-/m0/s1. The first-order chi connectivity index (χ1) is 7.69. The maximum atomic E-state index is 11.8. The molecule has 1 rings (SSSR count). The number of rotatable bonds is 6. The lowest BCUT2D eigenvalue weighted by Gasteiger charge is -2.09. The van der Waals surface area contributed by atoms with Crippen molar-refractivity contribution in [2.45, 2.75) is 25.3 Å². The lowest BCUT2D eigenvalue weighted by atomic mass is 10.1. The fourth-order valence-corrected chi connectivity index (χ4v) is 1.41. The highest BCUT2D eigenvalue weighted by atomic mass is 16.2. The summed E-state index contributed by atoms with van der Waals surface area (Å²) in [7, 11) is 0. The van der Waals surface area contributed by atoms with Gasteiger partial charge in [0.05, 0.1) is 11.7 Å². The van der Waals surface area contributed by atoms with Crippen molar-refractivity contribution in [2.24, 2.45) is 17.2 Å². The second-order valence-corrected chi connectivity index (χ2v) is 3.69. The third-order valence-electron chi connectivity index (χ3n) is 2.33. The molecule has 0 radical (unpaired) electrons. The van der Waals surface area contributed by atoms with E-state index in [1.54, 1.807) is 6.20 Å². The van der Waals surface area contributed by atoms with Crippen LogP contribution in [0.5, 0.6) is 0 Å². The van der Waals surface area contributed by atoms with Gasteiger partial charge in [0.1, 0.15) is 6.33 Å². The minimum absolute atomic E-state index is 0.149. The maximum Gasteiger partial charge on any atom is 0.248 e. The van der Waals surface area contributed by atoms with Crippen molar-refractivity contribution in [3.05, 3.63) is 18.2 Å². The van der Waals surface area contributed by atoms with Gasteiger partial charge in [0.15, 0.2) is 0 Å². The lowest BCUT2D eigenvalue weighted by Crippen LogP contribution is -2.34. The Bertz CT molecular complexity index is 336. The number of imidazole rings is 1. The molecule has 1 atom stereocenters. The zero-order chi connectivity index (χ0) is 12.0. The second-order valence-electron chi connectivity index (χ2n) is 3.69. The van der Waals surface area contributed by atoms with Gasteiger partial charge in [0.25, 0.3) is 0 Å². The Balaban J connectivity index is 2.57. The molecule has 0 saturated heterocycles. The monoisotopic (exact) mass is 225 g/mol. The van der Waals surface area contributed by atoms with Crippen LogP contribution >= 0.6 is 0 Å². The molecular weight excluding hydrogens is 206 g/mol. The van der Waals surface area contributed by atoms with E-state index in [1.165, 1.54) is 10.9 Å². The first kappa shape index (κ1) is 12.8. The fourth-order valence-electron chi connectivity index (χ4n) is 1.41. The van der Waals surface area contributed by atoms with Crippen LogP contribution < -0.4 is 17.2 Å². The molecule has 6 nitrogen and oxygen atoms in total. The number of hydrogen-bond donors (Lipinski definition) is 3. The molecule has 1 heterocycles. The molecule has 1 aromatic rings. The summed E-state index contributed by atoms with van der Waals surface area (Å²) >= 11 is 0. The van der Waals surface area contributed by atoms with E-state index in [-0.39, 0.29) is 5.91 Å². The highest BCUT2D eigenvalue weighted by Crippen LogP contribution is 2.01. The van der Waals surface area contributed by atoms with Gasteiger partial charge in [-0.3, -0.25) is 9.36 Å². The molecule has 0 aliphatic carbocycles. The molecule has 0 aromatic carbocycles. The molecule has 0 aliphatic rings. The van der Waals surface area contributed by atoms with E-state index in [4.69, 9.17) is 17.2 Å². The van der Waals surface area contributed by atoms with Crippen LogP contribution in [0, 0.1) is 0 Å². The van der Waals surface area contributed by atoms with Crippen molar-refractivity contribution in [3.8, 4) is 0 Å². The number of carbonyl (C=O) groups excluding carboxylic acids is 1. The third kappa shape index (κ3) is 3.41. The maximum absolute atomic E-state index is 11.8. The lowest BCUT2D eigenvalue weighted by molar-refractivity contribution is 0.0874. The minimum atomic E-state index is -0.511. The summed E-state index contributed by atoms with van der Waals surface area (Å²) in [6, 6.07) is -0.511. The number of carbonyl (C=O) groups is 1. The van der Waals surface area contributed by atoms with Crippen LogP contribution in [0.1, 0.15) is 23.3 Å². The van der Waals surface area contributed by atoms with Gasteiger partial charge in [-0.05, 0) is 25.9 Å². The van der Waals surface area contributed by atoms with Crippen LogP contribution in [-0.2, 0) is 6.42 Å². The molecule has 0 amide bonds. The Morgan fingerprint density at radius 2 is 2.19 bits per heavy atom. The largest absolute Gasteiger partial charge is 0.330 e. The van der Waals surface area contributed by atoms with Crippen LogP contribution in [0.3, 0.4) is 0 Å². The first-order valence-corrected chi connectivity index (χ1v) is 5.41. The predicted molar refractivity (Wildman–Crippen MR) is 61.9 cm³/mol. The first-order valence-electron chi connectivity index (χ1n) is 5.41. The summed E-state index contributed by atoms with van der Waals surface area (Å²) < 4.78 is 1.42. The molecule has 0 spiro atoms. The quantitative estimate of drug-likeness (QED) is 0.580. The zero-order valence-electron chi connectivity index (χ0n) is 9.30. The van der Waals surface area contributed by atoms with E-state index in [0.29, 0.717) is 25.9 Å². The molecule has 6 heteroatoms. The minimum Gasteiger partial charge on any atom is -0.330 e. The number of aromatic nitrogens is 2. The molecule has 90 valence electrons. The van der Waals surface area contributed by atoms with E-state index in [1.807, 2.05) is 0 Å². The number of hydrogen-bond acceptors (Lipinski definition) is 5. The number of nitrogens with two attached hydrogens (primary N) is 3.